The van der Waals surface area contributed by atoms with Gasteiger partial charge in [0.1, 0.15) is 0 Å². The van der Waals surface area contributed by atoms with Crippen LogP contribution in [-0.4, -0.2) is 48.4 Å². The van der Waals surface area contributed by atoms with Crippen LogP contribution >= 0.6 is 12.6 Å². The summed E-state index contributed by atoms with van der Waals surface area (Å²) in [5.41, 5.74) is 0. The molecule has 0 heterocycles. The summed E-state index contributed by atoms with van der Waals surface area (Å²) in [5, 5.41) is 9.21. The van der Waals surface area contributed by atoms with Gasteiger partial charge in [-0.15, -0.1) is 0 Å². The maximum absolute atomic E-state index is 9.21. The largest absolute Gasteiger partial charge is 0.490 e. The van der Waals surface area contributed by atoms with Gasteiger partial charge in [-0.1, -0.05) is 0 Å². The average molecular weight is 270 g/mol. The normalized spacial score (nSPS) is 13.2. The summed E-state index contributed by atoms with van der Waals surface area (Å²) in [6.07, 6.45) is 0.974. The molecule has 0 saturated heterocycles. The SMILES string of the molecule is CO[Si](CCCS)(OC)O[Si](C)(C)CO. The molecule has 1 N–H and O–H groups in total. The van der Waals surface area contributed by atoms with Crippen molar-refractivity contribution in [2.24, 2.45) is 0 Å². The van der Waals surface area contributed by atoms with E-state index >= 15 is 0 Å². The lowest BCUT2D eigenvalue weighted by Gasteiger charge is -2.33. The molecule has 15 heavy (non-hydrogen) atoms. The summed E-state index contributed by atoms with van der Waals surface area (Å²) in [4.78, 5) is 0. The van der Waals surface area contributed by atoms with Gasteiger partial charge in [0.2, 0.25) is 8.32 Å². The van der Waals surface area contributed by atoms with E-state index < -0.39 is 17.1 Å². The van der Waals surface area contributed by atoms with E-state index in [2.05, 4.69) is 12.6 Å². The zero-order chi connectivity index (χ0) is 11.9. The molecule has 92 valence electrons. The van der Waals surface area contributed by atoms with Gasteiger partial charge >= 0.3 is 8.80 Å². The molecule has 0 aliphatic heterocycles. The van der Waals surface area contributed by atoms with Crippen LogP contribution in [0.3, 0.4) is 0 Å². The van der Waals surface area contributed by atoms with Gasteiger partial charge in [0.25, 0.3) is 0 Å². The Labute approximate surface area is 99.8 Å². The first-order valence-corrected chi connectivity index (χ1v) is 10.7. The van der Waals surface area contributed by atoms with Crippen LogP contribution in [0, 0.1) is 0 Å². The summed E-state index contributed by atoms with van der Waals surface area (Å²) in [5.74, 6) is 0.784. The Balaban J connectivity index is 4.48. The molecular weight excluding hydrogens is 248 g/mol. The van der Waals surface area contributed by atoms with Crippen molar-refractivity contribution < 1.29 is 18.1 Å². The zero-order valence-electron chi connectivity index (χ0n) is 9.95. The first-order chi connectivity index (χ1) is 6.95. The van der Waals surface area contributed by atoms with E-state index in [0.717, 1.165) is 18.2 Å². The minimum Gasteiger partial charge on any atom is -0.413 e. The van der Waals surface area contributed by atoms with Crippen LogP contribution in [0.4, 0.5) is 0 Å². The van der Waals surface area contributed by atoms with E-state index in [1.807, 2.05) is 13.1 Å². The van der Waals surface area contributed by atoms with Gasteiger partial charge in [-0.3, -0.25) is 0 Å². The molecule has 0 aliphatic carbocycles. The molecule has 0 aliphatic rings. The topological polar surface area (TPSA) is 47.9 Å². The third kappa shape index (κ3) is 5.48. The Bertz CT molecular complexity index is 176. The van der Waals surface area contributed by atoms with Gasteiger partial charge in [0.05, 0.1) is 6.23 Å². The summed E-state index contributed by atoms with van der Waals surface area (Å²) in [7, 11) is -1.42. The highest BCUT2D eigenvalue weighted by Crippen LogP contribution is 2.21. The van der Waals surface area contributed by atoms with Gasteiger partial charge in [-0.2, -0.15) is 12.6 Å². The molecule has 0 bridgehead atoms. The Morgan fingerprint density at radius 2 is 1.73 bits per heavy atom. The predicted octanol–water partition coefficient (Wildman–Crippen LogP) is 1.29. The zero-order valence-corrected chi connectivity index (χ0v) is 12.8. The highest BCUT2D eigenvalue weighted by Gasteiger charge is 2.43. The summed E-state index contributed by atoms with van der Waals surface area (Å²) >= 11 is 4.16. The standard InChI is InChI=1S/C8H22O4SSi2/c1-10-15(11-2,7-5-6-13)12-14(3,4)8-9/h9,13H,5-8H2,1-4H3. The van der Waals surface area contributed by atoms with Crippen molar-refractivity contribution in [1.82, 2.24) is 0 Å². The first kappa shape index (κ1) is 15.6. The average Bonchev–Trinajstić information content (AvgIpc) is 2.24. The fraction of sp³-hybridized carbons (Fsp3) is 1.00. The lowest BCUT2D eigenvalue weighted by molar-refractivity contribution is 0.152. The van der Waals surface area contributed by atoms with E-state index in [1.54, 1.807) is 14.2 Å². The predicted molar refractivity (Wildman–Crippen MR) is 68.7 cm³/mol. The molecule has 7 heteroatoms. The third-order valence-electron chi connectivity index (χ3n) is 2.08. The van der Waals surface area contributed by atoms with Crippen molar-refractivity contribution in [2.75, 3.05) is 26.2 Å². The molecule has 0 amide bonds. The molecule has 0 unspecified atom stereocenters. The third-order valence-corrected chi connectivity index (χ3v) is 8.82. The van der Waals surface area contributed by atoms with Gasteiger partial charge < -0.3 is 18.1 Å². The quantitative estimate of drug-likeness (QED) is 0.515. The lowest BCUT2D eigenvalue weighted by atomic mass is 10.6. The summed E-state index contributed by atoms with van der Waals surface area (Å²) in [6, 6.07) is 0.750. The van der Waals surface area contributed by atoms with Crippen LogP contribution < -0.4 is 0 Å². The number of aliphatic hydroxyl groups excluding tert-OH is 1. The molecule has 0 aromatic heterocycles. The van der Waals surface area contributed by atoms with Gasteiger partial charge in [0, 0.05) is 20.3 Å². The van der Waals surface area contributed by atoms with Crippen molar-refractivity contribution >= 4 is 29.8 Å². The molecule has 0 atom stereocenters. The van der Waals surface area contributed by atoms with Crippen molar-refractivity contribution in [3.8, 4) is 0 Å². The second kappa shape index (κ2) is 7.05. The second-order valence-electron chi connectivity index (χ2n) is 3.94. The minimum absolute atomic E-state index is 0.0787. The second-order valence-corrected chi connectivity index (χ2v) is 11.7. The molecule has 0 saturated carbocycles. The fourth-order valence-electron chi connectivity index (χ4n) is 1.17. The van der Waals surface area contributed by atoms with E-state index in [1.165, 1.54) is 0 Å². The Morgan fingerprint density at radius 1 is 1.20 bits per heavy atom. The van der Waals surface area contributed by atoms with Gasteiger partial charge in [0.15, 0.2) is 0 Å². The number of aliphatic hydroxyl groups is 1. The van der Waals surface area contributed by atoms with E-state index in [0.29, 0.717) is 0 Å². The monoisotopic (exact) mass is 270 g/mol. The molecular formula is C8H22O4SSi2. The maximum Gasteiger partial charge on any atom is 0.490 e. The number of thiol groups is 1. The van der Waals surface area contributed by atoms with Crippen molar-refractivity contribution in [3.05, 3.63) is 0 Å². The highest BCUT2D eigenvalue weighted by atomic mass is 32.1. The van der Waals surface area contributed by atoms with Gasteiger partial charge in [-0.25, -0.2) is 0 Å². The van der Waals surface area contributed by atoms with Crippen molar-refractivity contribution in [1.29, 1.82) is 0 Å². The minimum atomic E-state index is -2.57. The van der Waals surface area contributed by atoms with E-state index in [4.69, 9.17) is 13.0 Å². The first-order valence-electron chi connectivity index (χ1n) is 4.97. The molecule has 4 nitrogen and oxygen atoms in total. The summed E-state index contributed by atoms with van der Waals surface area (Å²) < 4.78 is 16.7. The highest BCUT2D eigenvalue weighted by molar-refractivity contribution is 7.80. The lowest BCUT2D eigenvalue weighted by Crippen LogP contribution is -2.53. The molecule has 0 rings (SSSR count). The molecule has 0 spiro atoms. The van der Waals surface area contributed by atoms with Crippen LogP contribution in [0.5, 0.6) is 0 Å². The smallest absolute Gasteiger partial charge is 0.413 e. The molecule has 0 aromatic rings. The number of rotatable bonds is 8. The van der Waals surface area contributed by atoms with Crippen molar-refractivity contribution in [3.63, 3.8) is 0 Å². The molecule has 0 aromatic carbocycles. The van der Waals surface area contributed by atoms with Crippen LogP contribution in [0.1, 0.15) is 6.42 Å². The van der Waals surface area contributed by atoms with Crippen LogP contribution in [0.15, 0.2) is 0 Å². The molecule has 0 radical (unpaired) electrons. The maximum atomic E-state index is 9.21. The van der Waals surface area contributed by atoms with Crippen LogP contribution in [0.2, 0.25) is 19.1 Å². The van der Waals surface area contributed by atoms with E-state index in [9.17, 15) is 5.11 Å². The Hall–Kier alpha value is 0.624. The number of hydrogen-bond donors (Lipinski definition) is 2. The molecule has 0 fully saturated rings. The fourth-order valence-corrected chi connectivity index (χ4v) is 7.51. The van der Waals surface area contributed by atoms with E-state index in [-0.39, 0.29) is 6.23 Å². The Kier molecular flexibility index (Phi) is 7.34. The summed E-state index contributed by atoms with van der Waals surface area (Å²) in [6.45, 7) is 3.90. The van der Waals surface area contributed by atoms with Crippen LogP contribution in [0.25, 0.3) is 0 Å². The Morgan fingerprint density at radius 3 is 2.07 bits per heavy atom. The number of hydrogen-bond acceptors (Lipinski definition) is 5. The van der Waals surface area contributed by atoms with Crippen molar-refractivity contribution in [2.45, 2.75) is 25.6 Å². The van der Waals surface area contributed by atoms with Crippen LogP contribution in [-0.2, 0) is 13.0 Å². The van der Waals surface area contributed by atoms with Gasteiger partial charge in [-0.05, 0) is 25.3 Å².